The molecule has 0 bridgehead atoms. The lowest BCUT2D eigenvalue weighted by atomic mass is 9.96. The van der Waals surface area contributed by atoms with E-state index in [4.69, 9.17) is 0 Å². The number of unbranched alkanes of at least 4 members (excludes halogenated alkanes) is 1. The first kappa shape index (κ1) is 21.3. The first-order valence-corrected chi connectivity index (χ1v) is 11.3. The van der Waals surface area contributed by atoms with Gasteiger partial charge in [-0.25, -0.2) is 4.98 Å². The highest BCUT2D eigenvalue weighted by molar-refractivity contribution is 7.13. The third-order valence-corrected chi connectivity index (χ3v) is 6.07. The minimum atomic E-state index is -0.194. The van der Waals surface area contributed by atoms with E-state index in [9.17, 15) is 9.59 Å². The average Bonchev–Trinajstić information content (AvgIpc) is 3.27. The molecule has 1 aliphatic heterocycles. The van der Waals surface area contributed by atoms with E-state index in [1.807, 2.05) is 29.6 Å². The van der Waals surface area contributed by atoms with Crippen LogP contribution in [-0.4, -0.2) is 47.9 Å². The Kier molecular flexibility index (Phi) is 7.63. The van der Waals surface area contributed by atoms with Gasteiger partial charge in [-0.15, -0.1) is 11.3 Å². The van der Waals surface area contributed by atoms with Crippen LogP contribution in [0.1, 0.15) is 49.9 Å². The SMILES string of the molecule is CCCCN(CC)c1ccc(C(=O)N2CCCC(C(=O)Nc3nccs3)C2)cc1. The number of rotatable bonds is 8. The molecule has 1 aromatic heterocycles. The summed E-state index contributed by atoms with van der Waals surface area (Å²) >= 11 is 1.40. The number of likely N-dealkylation sites (tertiary alicyclic amines) is 1. The van der Waals surface area contributed by atoms with Crippen LogP contribution in [-0.2, 0) is 4.79 Å². The van der Waals surface area contributed by atoms with Crippen molar-refractivity contribution in [1.82, 2.24) is 9.88 Å². The summed E-state index contributed by atoms with van der Waals surface area (Å²) in [5.41, 5.74) is 1.83. The first-order valence-electron chi connectivity index (χ1n) is 10.5. The van der Waals surface area contributed by atoms with Crippen molar-refractivity contribution in [3.63, 3.8) is 0 Å². The molecular weight excluding hydrogens is 384 g/mol. The van der Waals surface area contributed by atoms with E-state index in [0.717, 1.165) is 38.0 Å². The Morgan fingerprint density at radius 3 is 2.72 bits per heavy atom. The second kappa shape index (κ2) is 10.4. The number of carbonyl (C=O) groups is 2. The number of nitrogens with one attached hydrogen (secondary N) is 1. The zero-order valence-corrected chi connectivity index (χ0v) is 18.1. The summed E-state index contributed by atoms with van der Waals surface area (Å²) in [4.78, 5) is 33.7. The predicted molar refractivity (Wildman–Crippen MR) is 119 cm³/mol. The van der Waals surface area contributed by atoms with Crippen molar-refractivity contribution < 1.29 is 9.59 Å². The molecule has 3 rings (SSSR count). The van der Waals surface area contributed by atoms with Gasteiger partial charge in [0.25, 0.3) is 5.91 Å². The molecule has 0 saturated carbocycles. The van der Waals surface area contributed by atoms with Crippen LogP contribution >= 0.6 is 11.3 Å². The van der Waals surface area contributed by atoms with Crippen LogP contribution < -0.4 is 10.2 Å². The van der Waals surface area contributed by atoms with Crippen LogP contribution in [0.5, 0.6) is 0 Å². The van der Waals surface area contributed by atoms with Gasteiger partial charge < -0.3 is 15.1 Å². The lowest BCUT2D eigenvalue weighted by Crippen LogP contribution is -2.43. The Morgan fingerprint density at radius 2 is 2.07 bits per heavy atom. The summed E-state index contributed by atoms with van der Waals surface area (Å²) in [6.45, 7) is 7.48. The monoisotopic (exact) mass is 414 g/mol. The Morgan fingerprint density at radius 1 is 1.28 bits per heavy atom. The maximum absolute atomic E-state index is 13.0. The standard InChI is InChI=1S/C22H30N4O2S/c1-3-5-13-25(4-2)19-10-8-17(9-11-19)21(28)26-14-6-7-18(16-26)20(27)24-22-23-12-15-29-22/h8-12,15,18H,3-7,13-14,16H2,1-2H3,(H,23,24,27). The van der Waals surface area contributed by atoms with Crippen LogP contribution in [0.2, 0.25) is 0 Å². The van der Waals surface area contributed by atoms with Crippen LogP contribution in [0.15, 0.2) is 35.8 Å². The molecule has 0 radical (unpaired) electrons. The lowest BCUT2D eigenvalue weighted by Gasteiger charge is -2.32. The van der Waals surface area contributed by atoms with Gasteiger partial charge in [-0.2, -0.15) is 0 Å². The summed E-state index contributed by atoms with van der Waals surface area (Å²) in [6.07, 6.45) is 5.62. The number of piperidine rings is 1. The van der Waals surface area contributed by atoms with Crippen molar-refractivity contribution >= 4 is 34.0 Å². The summed E-state index contributed by atoms with van der Waals surface area (Å²) in [7, 11) is 0. The molecule has 1 saturated heterocycles. The van der Waals surface area contributed by atoms with E-state index in [0.29, 0.717) is 23.8 Å². The molecule has 1 N–H and O–H groups in total. The molecule has 0 spiro atoms. The number of benzene rings is 1. The van der Waals surface area contributed by atoms with E-state index in [2.05, 4.69) is 29.0 Å². The van der Waals surface area contributed by atoms with Gasteiger partial charge in [-0.1, -0.05) is 13.3 Å². The van der Waals surface area contributed by atoms with Gasteiger partial charge in [-0.3, -0.25) is 9.59 Å². The van der Waals surface area contributed by atoms with Crippen LogP contribution in [0, 0.1) is 5.92 Å². The van der Waals surface area contributed by atoms with Crippen molar-refractivity contribution in [1.29, 1.82) is 0 Å². The Labute approximate surface area is 176 Å². The summed E-state index contributed by atoms with van der Waals surface area (Å²) in [5, 5.41) is 5.30. The molecule has 6 nitrogen and oxygen atoms in total. The fourth-order valence-corrected chi connectivity index (χ4v) is 4.22. The van der Waals surface area contributed by atoms with Crippen LogP contribution in [0.4, 0.5) is 10.8 Å². The quantitative estimate of drug-likeness (QED) is 0.701. The van der Waals surface area contributed by atoms with Gasteiger partial charge >= 0.3 is 0 Å². The van der Waals surface area contributed by atoms with Crippen molar-refractivity contribution in [2.45, 2.75) is 39.5 Å². The number of hydrogen-bond acceptors (Lipinski definition) is 5. The summed E-state index contributed by atoms with van der Waals surface area (Å²) in [6, 6.07) is 7.88. The van der Waals surface area contributed by atoms with Gasteiger partial charge in [-0.05, 0) is 50.5 Å². The number of anilines is 2. The molecule has 2 aromatic rings. The van der Waals surface area contributed by atoms with E-state index in [1.165, 1.54) is 17.8 Å². The summed E-state index contributed by atoms with van der Waals surface area (Å²) < 4.78 is 0. The minimum absolute atomic E-state index is 0.0000877. The topological polar surface area (TPSA) is 65.5 Å². The van der Waals surface area contributed by atoms with Gasteiger partial charge in [0.1, 0.15) is 0 Å². The van der Waals surface area contributed by atoms with E-state index < -0.39 is 0 Å². The smallest absolute Gasteiger partial charge is 0.253 e. The molecule has 2 amide bonds. The Hall–Kier alpha value is -2.41. The van der Waals surface area contributed by atoms with Crippen molar-refractivity contribution in [3.05, 3.63) is 41.4 Å². The molecular formula is C22H30N4O2S. The van der Waals surface area contributed by atoms with Crippen LogP contribution in [0.3, 0.4) is 0 Å². The fraction of sp³-hybridized carbons (Fsp3) is 0.500. The minimum Gasteiger partial charge on any atom is -0.372 e. The lowest BCUT2D eigenvalue weighted by molar-refractivity contribution is -0.121. The average molecular weight is 415 g/mol. The fourth-order valence-electron chi connectivity index (χ4n) is 3.68. The normalized spacial score (nSPS) is 16.5. The molecule has 1 atom stereocenters. The molecule has 2 heterocycles. The first-order chi connectivity index (χ1) is 14.1. The molecule has 1 aliphatic rings. The second-order valence-electron chi connectivity index (χ2n) is 7.40. The molecule has 1 fully saturated rings. The zero-order valence-electron chi connectivity index (χ0n) is 17.3. The number of aromatic nitrogens is 1. The second-order valence-corrected chi connectivity index (χ2v) is 8.29. The van der Waals surface area contributed by atoms with Crippen molar-refractivity contribution in [2.75, 3.05) is 36.4 Å². The molecule has 1 aromatic carbocycles. The molecule has 1 unspecified atom stereocenters. The predicted octanol–water partition coefficient (Wildman–Crippen LogP) is 4.26. The van der Waals surface area contributed by atoms with Gasteiger partial charge in [0.15, 0.2) is 5.13 Å². The Bertz CT molecular complexity index is 792. The number of nitrogens with zero attached hydrogens (tertiary/aromatic N) is 3. The van der Waals surface area contributed by atoms with Gasteiger partial charge in [0.2, 0.25) is 5.91 Å². The van der Waals surface area contributed by atoms with E-state index in [1.54, 1.807) is 11.1 Å². The number of hydrogen-bond donors (Lipinski definition) is 1. The largest absolute Gasteiger partial charge is 0.372 e. The third kappa shape index (κ3) is 5.56. The third-order valence-electron chi connectivity index (χ3n) is 5.38. The molecule has 156 valence electrons. The number of amides is 2. The molecule has 29 heavy (non-hydrogen) atoms. The molecule has 7 heteroatoms. The van der Waals surface area contributed by atoms with Crippen molar-refractivity contribution in [3.8, 4) is 0 Å². The maximum atomic E-state index is 13.0. The number of thiazole rings is 1. The highest BCUT2D eigenvalue weighted by Gasteiger charge is 2.29. The zero-order chi connectivity index (χ0) is 20.6. The Balaban J connectivity index is 1.61. The van der Waals surface area contributed by atoms with E-state index >= 15 is 0 Å². The van der Waals surface area contributed by atoms with Gasteiger partial charge in [0, 0.05) is 49.0 Å². The highest BCUT2D eigenvalue weighted by atomic mass is 32.1. The van der Waals surface area contributed by atoms with Crippen LogP contribution in [0.25, 0.3) is 0 Å². The highest BCUT2D eigenvalue weighted by Crippen LogP contribution is 2.22. The maximum Gasteiger partial charge on any atom is 0.253 e. The van der Waals surface area contributed by atoms with E-state index in [-0.39, 0.29) is 17.7 Å². The molecule has 0 aliphatic carbocycles. The van der Waals surface area contributed by atoms with Crippen molar-refractivity contribution in [2.24, 2.45) is 5.92 Å². The van der Waals surface area contributed by atoms with Gasteiger partial charge in [0.05, 0.1) is 5.92 Å². The number of carbonyl (C=O) groups excluding carboxylic acids is 2. The summed E-state index contributed by atoms with van der Waals surface area (Å²) in [5.74, 6) is -0.247.